The van der Waals surface area contributed by atoms with E-state index in [0.717, 1.165) is 89.0 Å². The summed E-state index contributed by atoms with van der Waals surface area (Å²) in [6.45, 7) is 14.8. The summed E-state index contributed by atoms with van der Waals surface area (Å²) >= 11 is 5.38. The number of halogens is 1. The van der Waals surface area contributed by atoms with Crippen LogP contribution in [0.5, 0.6) is 0 Å². The molecule has 0 aromatic carbocycles. The first-order valence-corrected chi connectivity index (χ1v) is 16.8. The molecule has 3 aliphatic heterocycles. The van der Waals surface area contributed by atoms with Gasteiger partial charge in [0.1, 0.15) is 29.2 Å². The summed E-state index contributed by atoms with van der Waals surface area (Å²) in [5.41, 5.74) is 6.30. The number of rotatable bonds is 4. The topological polar surface area (TPSA) is 199 Å². The van der Waals surface area contributed by atoms with Gasteiger partial charge in [-0.25, -0.2) is 15.0 Å². The van der Waals surface area contributed by atoms with Gasteiger partial charge in [-0.2, -0.15) is 0 Å². The van der Waals surface area contributed by atoms with Crippen molar-refractivity contribution >= 4 is 40.3 Å². The zero-order valence-electron chi connectivity index (χ0n) is 29.4. The molecule has 17 nitrogen and oxygen atoms in total. The van der Waals surface area contributed by atoms with Gasteiger partial charge in [-0.1, -0.05) is 19.0 Å². The van der Waals surface area contributed by atoms with E-state index in [1.54, 1.807) is 19.2 Å². The van der Waals surface area contributed by atoms with Crippen molar-refractivity contribution in [3.05, 3.63) is 80.4 Å². The summed E-state index contributed by atoms with van der Waals surface area (Å²) < 4.78 is 0. The number of aliphatic hydroxyl groups excluding tert-OH is 1. The van der Waals surface area contributed by atoms with Crippen LogP contribution in [0.2, 0.25) is 5.15 Å². The Morgan fingerprint density at radius 3 is 1.41 bits per heavy atom. The minimum atomic E-state index is -0.524. The summed E-state index contributed by atoms with van der Waals surface area (Å²) in [6, 6.07) is 9.78. The van der Waals surface area contributed by atoms with Gasteiger partial charge in [0, 0.05) is 97.3 Å². The first-order valence-electron chi connectivity index (χ1n) is 16.4. The maximum absolute atomic E-state index is 10.5. The van der Waals surface area contributed by atoms with Gasteiger partial charge in [0.05, 0.1) is 21.7 Å². The van der Waals surface area contributed by atoms with E-state index in [1.807, 2.05) is 12.1 Å². The third-order valence-corrected chi connectivity index (χ3v) is 7.86. The summed E-state index contributed by atoms with van der Waals surface area (Å²) in [6.07, 6.45) is 4.14. The largest absolute Gasteiger partial charge is 0.397 e. The van der Waals surface area contributed by atoms with E-state index >= 15 is 0 Å². The second-order valence-electron chi connectivity index (χ2n) is 11.6. The summed E-state index contributed by atoms with van der Waals surface area (Å²) in [5, 5.41) is 31.6. The molecule has 3 aliphatic rings. The van der Waals surface area contributed by atoms with Crippen LogP contribution < -0.4 is 20.9 Å². The predicted molar refractivity (Wildman–Crippen MR) is 205 cm³/mol. The Bertz CT molecular complexity index is 1370. The van der Waals surface area contributed by atoms with E-state index in [0.29, 0.717) is 0 Å². The van der Waals surface area contributed by atoms with Crippen molar-refractivity contribution in [3.8, 4) is 0 Å². The monoisotopic (exact) mass is 734 g/mol. The summed E-state index contributed by atoms with van der Waals surface area (Å²) in [7, 11) is 6.38. The second kappa shape index (κ2) is 24.8. The number of aliphatic hydroxyl groups is 1. The average molecular weight is 735 g/mol. The molecule has 6 heterocycles. The second-order valence-corrected chi connectivity index (χ2v) is 12.0. The van der Waals surface area contributed by atoms with Crippen LogP contribution in [0.3, 0.4) is 0 Å². The van der Waals surface area contributed by atoms with E-state index < -0.39 is 9.85 Å². The Balaban J connectivity index is 0.000000341. The van der Waals surface area contributed by atoms with Crippen molar-refractivity contribution in [3.63, 3.8) is 0 Å². The van der Waals surface area contributed by atoms with Crippen LogP contribution in [0, 0.1) is 20.2 Å². The molecule has 3 saturated heterocycles. The number of nitro groups is 2. The minimum Gasteiger partial charge on any atom is -0.397 e. The summed E-state index contributed by atoms with van der Waals surface area (Å²) in [5.74, 6) is 1.85. The molecule has 0 bridgehead atoms. The number of nitrogen functional groups attached to an aromatic ring is 1. The van der Waals surface area contributed by atoms with Gasteiger partial charge in [0.2, 0.25) is 0 Å². The van der Waals surface area contributed by atoms with Crippen molar-refractivity contribution in [1.29, 1.82) is 0 Å². The highest BCUT2D eigenvalue weighted by molar-refractivity contribution is 6.29. The van der Waals surface area contributed by atoms with Crippen LogP contribution in [-0.4, -0.2) is 151 Å². The van der Waals surface area contributed by atoms with E-state index in [4.69, 9.17) is 22.4 Å². The highest BCUT2D eigenvalue weighted by atomic mass is 35.5. The van der Waals surface area contributed by atoms with Crippen molar-refractivity contribution in [2.24, 2.45) is 0 Å². The fourth-order valence-corrected chi connectivity index (χ4v) is 4.69. The van der Waals surface area contributed by atoms with Crippen LogP contribution in [-0.2, 0) is 0 Å². The predicted octanol–water partition coefficient (Wildman–Crippen LogP) is 2.96. The lowest BCUT2D eigenvalue weighted by Gasteiger charge is -2.33. The van der Waals surface area contributed by atoms with E-state index in [2.05, 4.69) is 65.9 Å². The van der Waals surface area contributed by atoms with Gasteiger partial charge in [-0.15, -0.1) is 0 Å². The fourth-order valence-electron chi connectivity index (χ4n) is 4.58. The number of hydrogen-bond acceptors (Lipinski definition) is 15. The molecule has 0 amide bonds. The molecule has 0 aliphatic carbocycles. The molecule has 0 atom stereocenters. The average Bonchev–Trinajstić information content (AvgIpc) is 3.11. The molecular formula is C33H55ClN12O5. The maximum Gasteiger partial charge on any atom is 0.287 e. The quantitative estimate of drug-likeness (QED) is 0.201. The molecule has 4 N–H and O–H groups in total. The van der Waals surface area contributed by atoms with Crippen molar-refractivity contribution in [2.75, 3.05) is 122 Å². The normalized spacial score (nSPS) is 16.2. The first-order chi connectivity index (χ1) is 23.9. The van der Waals surface area contributed by atoms with Crippen LogP contribution in [0.15, 0.2) is 55.0 Å². The lowest BCUT2D eigenvalue weighted by atomic mass is 10.3. The number of piperazine rings is 3. The Hall–Kier alpha value is -4.26. The SMILES string of the molecule is C.CCO.CN1CCN(c2ccc(N)cn2)CC1.CN1CCN(c2ccc([N+](=O)[O-])cn2)CC1.CN1CCNCC1.O=[N+]([O-])c1ccc(Cl)nc1. The Kier molecular flexibility index (Phi) is 21.8. The number of hydrogen-bond donors (Lipinski definition) is 3. The molecule has 51 heavy (non-hydrogen) atoms. The maximum atomic E-state index is 10.5. The van der Waals surface area contributed by atoms with Crippen molar-refractivity contribution in [2.45, 2.75) is 14.4 Å². The molecule has 284 valence electrons. The number of aromatic nitrogens is 3. The van der Waals surface area contributed by atoms with Gasteiger partial charge in [-0.3, -0.25) is 20.2 Å². The Labute approximate surface area is 306 Å². The van der Waals surface area contributed by atoms with E-state index in [-0.39, 0.29) is 30.6 Å². The molecule has 6 rings (SSSR count). The lowest BCUT2D eigenvalue weighted by molar-refractivity contribution is -0.385. The summed E-state index contributed by atoms with van der Waals surface area (Å²) in [4.78, 5) is 42.8. The van der Waals surface area contributed by atoms with Gasteiger partial charge in [0.15, 0.2) is 0 Å². The van der Waals surface area contributed by atoms with E-state index in [1.165, 1.54) is 37.5 Å². The van der Waals surface area contributed by atoms with Crippen LogP contribution in [0.25, 0.3) is 0 Å². The van der Waals surface area contributed by atoms with Gasteiger partial charge < -0.3 is 40.7 Å². The molecule has 18 heteroatoms. The zero-order chi connectivity index (χ0) is 36.9. The molecule has 3 aromatic rings. The number of nitrogens with two attached hydrogens (primary N) is 1. The molecule has 0 saturated carbocycles. The molecule has 0 unspecified atom stereocenters. The highest BCUT2D eigenvalue weighted by Gasteiger charge is 2.16. The third kappa shape index (κ3) is 18.0. The van der Waals surface area contributed by atoms with Crippen molar-refractivity contribution < 1.29 is 15.0 Å². The molecular weight excluding hydrogens is 680 g/mol. The van der Waals surface area contributed by atoms with E-state index in [9.17, 15) is 20.2 Å². The number of nitrogens with zero attached hydrogens (tertiary/aromatic N) is 10. The Morgan fingerprint density at radius 1 is 0.706 bits per heavy atom. The fraction of sp³-hybridized carbons (Fsp3) is 0.545. The molecule has 3 aromatic heterocycles. The number of likely N-dealkylation sites (N-methyl/N-ethyl adjacent to an activating group) is 3. The Morgan fingerprint density at radius 2 is 1.10 bits per heavy atom. The van der Waals surface area contributed by atoms with Crippen molar-refractivity contribution in [1.82, 2.24) is 35.0 Å². The molecule has 3 fully saturated rings. The highest BCUT2D eigenvalue weighted by Crippen LogP contribution is 2.17. The van der Waals surface area contributed by atoms with Crippen LogP contribution in [0.4, 0.5) is 28.7 Å². The number of nitrogens with one attached hydrogen (secondary N) is 1. The lowest BCUT2D eigenvalue weighted by Crippen LogP contribution is -2.44. The molecule has 0 radical (unpaired) electrons. The van der Waals surface area contributed by atoms with Gasteiger partial charge in [0.25, 0.3) is 11.4 Å². The minimum absolute atomic E-state index is 0. The van der Waals surface area contributed by atoms with Gasteiger partial charge in [-0.05, 0) is 52.3 Å². The standard InChI is InChI=1S/C10H14N4O2.C10H16N4.C5H3ClN2O2.C5H12N2.C2H6O.CH4/c1-12-4-6-13(7-5-12)10-3-2-9(8-11-10)14(15)16;1-13-4-6-14(7-5-13)10-3-2-9(11)8-12-10;6-5-2-1-4(3-7-5)8(9)10;1-7-4-2-6-3-5-7;1-2-3;/h2-3,8H,4-7H2,1H3;2-3,8H,4-7,11H2,1H3;1-3H;6H,2-5H2,1H3;3H,2H2,1H3;1H4. The molecule has 0 spiro atoms. The first kappa shape index (κ1) is 44.8. The smallest absolute Gasteiger partial charge is 0.287 e. The number of anilines is 3. The third-order valence-electron chi connectivity index (χ3n) is 7.63. The van der Waals surface area contributed by atoms with Crippen LogP contribution in [0.1, 0.15) is 14.4 Å². The zero-order valence-corrected chi connectivity index (χ0v) is 30.2. The van der Waals surface area contributed by atoms with Crippen LogP contribution >= 0.6 is 11.6 Å². The van der Waals surface area contributed by atoms with Gasteiger partial charge >= 0.3 is 0 Å². The number of pyridine rings is 3.